The van der Waals surface area contributed by atoms with Gasteiger partial charge in [0.15, 0.2) is 0 Å². The average molecular weight is 350 g/mol. The SMILES string of the molecule is C=CCn1c(O)c(/C(C)=N\Nc2cccc3ccccc23)c(=O)[nH]c1=O. The molecular formula is C19H18N4O3. The van der Waals surface area contributed by atoms with Gasteiger partial charge in [0.2, 0.25) is 5.88 Å². The molecule has 0 amide bonds. The fourth-order valence-corrected chi connectivity index (χ4v) is 2.71. The Balaban J connectivity index is 2.03. The average Bonchev–Trinajstić information content (AvgIpc) is 2.63. The molecule has 7 nitrogen and oxygen atoms in total. The molecule has 2 aromatic carbocycles. The van der Waals surface area contributed by atoms with Crippen molar-refractivity contribution in [2.24, 2.45) is 5.10 Å². The van der Waals surface area contributed by atoms with Gasteiger partial charge in [0, 0.05) is 11.9 Å². The van der Waals surface area contributed by atoms with E-state index in [9.17, 15) is 14.7 Å². The highest BCUT2D eigenvalue weighted by Crippen LogP contribution is 2.23. The second-order valence-electron chi connectivity index (χ2n) is 5.69. The van der Waals surface area contributed by atoms with Crippen molar-refractivity contribution >= 4 is 22.2 Å². The zero-order valence-electron chi connectivity index (χ0n) is 14.2. The number of anilines is 1. The molecular weight excluding hydrogens is 332 g/mol. The van der Waals surface area contributed by atoms with Gasteiger partial charge in [-0.05, 0) is 18.4 Å². The van der Waals surface area contributed by atoms with E-state index in [1.807, 2.05) is 42.5 Å². The number of hydrazone groups is 1. The molecule has 3 N–H and O–H groups in total. The van der Waals surface area contributed by atoms with E-state index in [-0.39, 0.29) is 17.8 Å². The summed E-state index contributed by atoms with van der Waals surface area (Å²) < 4.78 is 1.01. The van der Waals surface area contributed by atoms with E-state index in [4.69, 9.17) is 0 Å². The summed E-state index contributed by atoms with van der Waals surface area (Å²) in [5, 5.41) is 16.5. The summed E-state index contributed by atoms with van der Waals surface area (Å²) in [6, 6.07) is 13.5. The number of H-pyrrole nitrogens is 1. The van der Waals surface area contributed by atoms with Crippen LogP contribution in [0.3, 0.4) is 0 Å². The summed E-state index contributed by atoms with van der Waals surface area (Å²) in [7, 11) is 0. The second-order valence-corrected chi connectivity index (χ2v) is 5.69. The summed E-state index contributed by atoms with van der Waals surface area (Å²) in [5.41, 5.74) is 2.46. The van der Waals surface area contributed by atoms with Crippen molar-refractivity contribution in [3.63, 3.8) is 0 Å². The predicted octanol–water partition coefficient (Wildman–Crippen LogP) is 2.42. The molecule has 0 radical (unpaired) electrons. The number of allylic oxidation sites excluding steroid dienone is 1. The third-order valence-corrected chi connectivity index (χ3v) is 3.98. The molecule has 0 unspecified atom stereocenters. The van der Waals surface area contributed by atoms with E-state index in [1.54, 1.807) is 6.92 Å². The van der Waals surface area contributed by atoms with E-state index in [1.165, 1.54) is 6.08 Å². The van der Waals surface area contributed by atoms with Gasteiger partial charge in [-0.1, -0.05) is 42.5 Å². The van der Waals surface area contributed by atoms with Crippen molar-refractivity contribution in [1.29, 1.82) is 0 Å². The van der Waals surface area contributed by atoms with Crippen LogP contribution in [0.25, 0.3) is 10.8 Å². The van der Waals surface area contributed by atoms with Crippen molar-refractivity contribution in [1.82, 2.24) is 9.55 Å². The van der Waals surface area contributed by atoms with Crippen LogP contribution in [0.5, 0.6) is 5.88 Å². The minimum atomic E-state index is -0.703. The van der Waals surface area contributed by atoms with Crippen LogP contribution in [0.15, 0.2) is 69.8 Å². The van der Waals surface area contributed by atoms with Crippen molar-refractivity contribution < 1.29 is 5.11 Å². The predicted molar refractivity (Wildman–Crippen MR) is 103 cm³/mol. The fraction of sp³-hybridized carbons (Fsp3) is 0.105. The topological polar surface area (TPSA) is 99.5 Å². The summed E-state index contributed by atoms with van der Waals surface area (Å²) >= 11 is 0. The summed E-state index contributed by atoms with van der Waals surface area (Å²) in [6.07, 6.45) is 1.45. The van der Waals surface area contributed by atoms with Gasteiger partial charge in [0.05, 0.1) is 11.4 Å². The van der Waals surface area contributed by atoms with Gasteiger partial charge in [0.1, 0.15) is 5.56 Å². The highest BCUT2D eigenvalue weighted by molar-refractivity contribution is 6.01. The van der Waals surface area contributed by atoms with Gasteiger partial charge < -0.3 is 5.11 Å². The third kappa shape index (κ3) is 3.14. The summed E-state index contributed by atoms with van der Waals surface area (Å²) in [5.74, 6) is -0.445. The largest absolute Gasteiger partial charge is 0.494 e. The number of nitrogens with one attached hydrogen (secondary N) is 2. The summed E-state index contributed by atoms with van der Waals surface area (Å²) in [4.78, 5) is 26.1. The Morgan fingerprint density at radius 3 is 2.77 bits per heavy atom. The maximum absolute atomic E-state index is 12.1. The lowest BCUT2D eigenvalue weighted by Crippen LogP contribution is -2.33. The zero-order chi connectivity index (χ0) is 18.7. The Labute approximate surface area is 148 Å². The molecule has 0 aliphatic heterocycles. The number of aromatic amines is 1. The Morgan fingerprint density at radius 1 is 1.27 bits per heavy atom. The Kier molecular flexibility index (Phi) is 4.70. The smallest absolute Gasteiger partial charge is 0.331 e. The number of benzene rings is 2. The number of hydrogen-bond acceptors (Lipinski definition) is 5. The molecule has 0 spiro atoms. The monoisotopic (exact) mass is 350 g/mol. The first-order valence-corrected chi connectivity index (χ1v) is 7.98. The first-order chi connectivity index (χ1) is 12.5. The first-order valence-electron chi connectivity index (χ1n) is 7.98. The van der Waals surface area contributed by atoms with Gasteiger partial charge in [-0.3, -0.25) is 19.8 Å². The molecule has 0 saturated heterocycles. The molecule has 0 aliphatic carbocycles. The van der Waals surface area contributed by atoms with Crippen molar-refractivity contribution in [2.45, 2.75) is 13.5 Å². The minimum absolute atomic E-state index is 0.0679. The van der Waals surface area contributed by atoms with Crippen LogP contribution >= 0.6 is 0 Å². The molecule has 1 aromatic heterocycles. The lowest BCUT2D eigenvalue weighted by molar-refractivity contribution is 0.409. The Bertz CT molecular complexity index is 1120. The Hall–Kier alpha value is -3.61. The van der Waals surface area contributed by atoms with Crippen LogP contribution in [-0.2, 0) is 6.54 Å². The number of hydrogen-bond donors (Lipinski definition) is 3. The maximum Gasteiger partial charge on any atom is 0.331 e. The molecule has 26 heavy (non-hydrogen) atoms. The van der Waals surface area contributed by atoms with Crippen molar-refractivity contribution in [2.75, 3.05) is 5.43 Å². The van der Waals surface area contributed by atoms with Crippen LogP contribution in [0, 0.1) is 0 Å². The molecule has 132 valence electrons. The normalized spacial score (nSPS) is 11.5. The van der Waals surface area contributed by atoms with Crippen molar-refractivity contribution in [3.05, 3.63) is 81.5 Å². The van der Waals surface area contributed by atoms with Gasteiger partial charge in [-0.2, -0.15) is 5.10 Å². The van der Waals surface area contributed by atoms with Gasteiger partial charge in [0.25, 0.3) is 5.56 Å². The van der Waals surface area contributed by atoms with Crippen molar-refractivity contribution in [3.8, 4) is 5.88 Å². The number of aromatic hydroxyl groups is 1. The van der Waals surface area contributed by atoms with E-state index in [0.717, 1.165) is 21.0 Å². The number of rotatable bonds is 5. The quantitative estimate of drug-likeness (QED) is 0.374. The molecule has 3 aromatic rings. The lowest BCUT2D eigenvalue weighted by Gasteiger charge is -2.10. The standard InChI is InChI=1S/C19H18N4O3/c1-3-11-23-18(25)16(17(24)20-19(23)26)12(2)21-22-15-10-6-8-13-7-4-5-9-14(13)15/h3-10,22,25H,1,11H2,2H3,(H,20,24,26)/b21-12-. The van der Waals surface area contributed by atoms with Crippen LogP contribution in [0.4, 0.5) is 5.69 Å². The molecule has 0 bridgehead atoms. The molecule has 0 fully saturated rings. The number of fused-ring (bicyclic) bond motifs is 1. The van der Waals surface area contributed by atoms with E-state index in [0.29, 0.717) is 0 Å². The third-order valence-electron chi connectivity index (χ3n) is 3.98. The lowest BCUT2D eigenvalue weighted by atomic mass is 10.1. The maximum atomic E-state index is 12.1. The highest BCUT2D eigenvalue weighted by atomic mass is 16.3. The second kappa shape index (κ2) is 7.10. The van der Waals surface area contributed by atoms with E-state index >= 15 is 0 Å². The number of nitrogens with zero attached hydrogens (tertiary/aromatic N) is 2. The highest BCUT2D eigenvalue weighted by Gasteiger charge is 2.16. The van der Waals surface area contributed by atoms with E-state index < -0.39 is 17.1 Å². The van der Waals surface area contributed by atoms with Crippen LogP contribution in [0.1, 0.15) is 12.5 Å². The van der Waals surface area contributed by atoms with Gasteiger partial charge >= 0.3 is 5.69 Å². The molecule has 1 heterocycles. The summed E-state index contributed by atoms with van der Waals surface area (Å²) in [6.45, 7) is 5.18. The molecule has 7 heteroatoms. The van der Waals surface area contributed by atoms with Crippen LogP contribution < -0.4 is 16.7 Å². The van der Waals surface area contributed by atoms with E-state index in [2.05, 4.69) is 22.1 Å². The number of aromatic nitrogens is 2. The Morgan fingerprint density at radius 2 is 2.00 bits per heavy atom. The van der Waals surface area contributed by atoms with Crippen LogP contribution in [-0.4, -0.2) is 20.4 Å². The molecule has 0 atom stereocenters. The minimum Gasteiger partial charge on any atom is -0.494 e. The fourth-order valence-electron chi connectivity index (χ4n) is 2.71. The van der Waals surface area contributed by atoms with Gasteiger partial charge in [-0.25, -0.2) is 4.79 Å². The molecule has 3 rings (SSSR count). The van der Waals surface area contributed by atoms with Gasteiger partial charge in [-0.15, -0.1) is 6.58 Å². The van der Waals surface area contributed by atoms with Crippen LogP contribution in [0.2, 0.25) is 0 Å². The first kappa shape index (κ1) is 17.2. The molecule has 0 aliphatic rings. The molecule has 0 saturated carbocycles. The zero-order valence-corrected chi connectivity index (χ0v) is 14.2.